The van der Waals surface area contributed by atoms with Crippen molar-refractivity contribution in [1.82, 2.24) is 4.90 Å². The Kier molecular flexibility index (Phi) is 5.95. The minimum Gasteiger partial charge on any atom is -0.406 e. The number of hydrogen-bond donors (Lipinski definition) is 1. The molecular weight excluding hydrogens is 469 g/mol. The molecule has 1 aromatic rings. The molecule has 3 aliphatic carbocycles. The highest BCUT2D eigenvalue weighted by atomic mass is 19.4. The Morgan fingerprint density at radius 2 is 1.92 bits per heavy atom. The van der Waals surface area contributed by atoms with Gasteiger partial charge in [0.15, 0.2) is 0 Å². The SMILES string of the molecule is CC1=C2N(C)C(=O)C(C(=O)Nc3cccc(OC(F)(F)F)c3)C[C@]2(C)[C@@H]2CC[C@]3(C)CCC[C@H]3[C@@H]2C1. The number of rotatable bonds is 3. The number of amides is 2. The van der Waals surface area contributed by atoms with E-state index in [1.165, 1.54) is 49.5 Å². The number of carbonyl (C=O) groups is 2. The van der Waals surface area contributed by atoms with E-state index in [0.29, 0.717) is 29.6 Å². The van der Waals surface area contributed by atoms with Gasteiger partial charge in [0.05, 0.1) is 0 Å². The third kappa shape index (κ3) is 4.10. The van der Waals surface area contributed by atoms with Gasteiger partial charge in [-0.2, -0.15) is 0 Å². The van der Waals surface area contributed by atoms with E-state index in [2.05, 4.69) is 30.8 Å². The highest BCUT2D eigenvalue weighted by Crippen LogP contribution is 2.65. The Bertz CT molecular complexity index is 1120. The van der Waals surface area contributed by atoms with Crippen LogP contribution in [0.1, 0.15) is 65.7 Å². The second kappa shape index (κ2) is 8.52. The lowest BCUT2D eigenvalue weighted by Gasteiger charge is -2.59. The summed E-state index contributed by atoms with van der Waals surface area (Å²) in [5.74, 6) is -0.435. The standard InChI is InChI=1S/C28H35F3N2O3/c1-16-13-19-21-9-6-11-26(21,2)12-10-22(19)27(3)15-20(25(35)33(4)23(16)27)24(34)32-17-7-5-8-18(14-17)36-28(29,30)31/h5,7-8,14,19-22H,6,9-13,15H2,1-4H3,(H,32,34)/t19-,20?,21-,22+,26-,27+/m0/s1. The lowest BCUT2D eigenvalue weighted by molar-refractivity contribution is -0.274. The third-order valence-corrected chi connectivity index (χ3v) is 9.77. The van der Waals surface area contributed by atoms with Crippen LogP contribution in [0.2, 0.25) is 0 Å². The maximum atomic E-state index is 13.4. The summed E-state index contributed by atoms with van der Waals surface area (Å²) in [4.78, 5) is 28.5. The highest BCUT2D eigenvalue weighted by molar-refractivity contribution is 6.07. The molecule has 0 aromatic heterocycles. The fourth-order valence-corrected chi connectivity index (χ4v) is 8.45. The van der Waals surface area contributed by atoms with E-state index in [1.54, 1.807) is 11.9 Å². The molecule has 5 nitrogen and oxygen atoms in total. The van der Waals surface area contributed by atoms with Crippen molar-refractivity contribution in [2.45, 2.75) is 72.1 Å². The van der Waals surface area contributed by atoms with Gasteiger partial charge in [0, 0.05) is 29.9 Å². The summed E-state index contributed by atoms with van der Waals surface area (Å²) in [5, 5.41) is 2.68. The largest absolute Gasteiger partial charge is 0.573 e. The molecular formula is C28H35F3N2O3. The average molecular weight is 505 g/mol. The number of alkyl halides is 3. The van der Waals surface area contributed by atoms with Crippen molar-refractivity contribution in [3.63, 3.8) is 0 Å². The van der Waals surface area contributed by atoms with Crippen molar-refractivity contribution in [2.75, 3.05) is 12.4 Å². The van der Waals surface area contributed by atoms with Crippen molar-refractivity contribution in [1.29, 1.82) is 0 Å². The Labute approximate surface area is 210 Å². The number of piperidine rings is 1. The van der Waals surface area contributed by atoms with E-state index < -0.39 is 23.9 Å². The molecule has 0 spiro atoms. The van der Waals surface area contributed by atoms with Gasteiger partial charge in [-0.25, -0.2) is 0 Å². The van der Waals surface area contributed by atoms with Gasteiger partial charge < -0.3 is 15.0 Å². The number of allylic oxidation sites excluding steroid dienone is 2. The molecule has 0 radical (unpaired) electrons. The molecule has 6 atom stereocenters. The summed E-state index contributed by atoms with van der Waals surface area (Å²) < 4.78 is 41.9. The van der Waals surface area contributed by atoms with Crippen LogP contribution in [-0.4, -0.2) is 30.1 Å². The van der Waals surface area contributed by atoms with E-state index in [4.69, 9.17) is 0 Å². The zero-order valence-corrected chi connectivity index (χ0v) is 21.4. The smallest absolute Gasteiger partial charge is 0.406 e. The first kappa shape index (κ1) is 25.2. The molecule has 3 fully saturated rings. The van der Waals surface area contributed by atoms with Crippen LogP contribution >= 0.6 is 0 Å². The lowest BCUT2D eigenvalue weighted by Crippen LogP contribution is -2.57. The molecule has 1 saturated heterocycles. The van der Waals surface area contributed by atoms with Crippen molar-refractivity contribution in [3.05, 3.63) is 35.5 Å². The van der Waals surface area contributed by atoms with Gasteiger partial charge in [0.25, 0.3) is 0 Å². The Morgan fingerprint density at radius 3 is 2.64 bits per heavy atom. The first-order valence-electron chi connectivity index (χ1n) is 13.0. The summed E-state index contributed by atoms with van der Waals surface area (Å²) in [6.07, 6.45) is 2.69. The highest BCUT2D eigenvalue weighted by Gasteiger charge is 2.60. The first-order chi connectivity index (χ1) is 16.8. The van der Waals surface area contributed by atoms with Gasteiger partial charge in [-0.15, -0.1) is 13.2 Å². The second-order valence-electron chi connectivity index (χ2n) is 11.9. The normalized spacial score (nSPS) is 36.2. The Balaban J connectivity index is 1.42. The van der Waals surface area contributed by atoms with Crippen LogP contribution in [0.5, 0.6) is 5.75 Å². The third-order valence-electron chi connectivity index (χ3n) is 9.77. The predicted molar refractivity (Wildman–Crippen MR) is 130 cm³/mol. The number of fused-ring (bicyclic) bond motifs is 5. The molecule has 2 amide bonds. The number of nitrogens with one attached hydrogen (secondary N) is 1. The van der Waals surface area contributed by atoms with E-state index in [0.717, 1.165) is 24.6 Å². The van der Waals surface area contributed by atoms with Gasteiger partial charge in [0.1, 0.15) is 11.7 Å². The van der Waals surface area contributed by atoms with Crippen molar-refractivity contribution in [2.24, 2.45) is 34.5 Å². The summed E-state index contributed by atoms with van der Waals surface area (Å²) >= 11 is 0. The maximum Gasteiger partial charge on any atom is 0.573 e. The zero-order valence-electron chi connectivity index (χ0n) is 21.4. The zero-order chi connectivity index (χ0) is 26.0. The molecule has 1 unspecified atom stereocenters. The van der Waals surface area contributed by atoms with Gasteiger partial charge in [-0.3, -0.25) is 9.59 Å². The minimum atomic E-state index is -4.83. The summed E-state index contributed by atoms with van der Waals surface area (Å²) in [5.41, 5.74) is 2.58. The molecule has 5 rings (SSSR count). The quantitative estimate of drug-likeness (QED) is 0.477. The average Bonchev–Trinajstić information content (AvgIpc) is 3.17. The summed E-state index contributed by atoms with van der Waals surface area (Å²) in [6, 6.07) is 5.17. The fourth-order valence-electron chi connectivity index (χ4n) is 8.45. The van der Waals surface area contributed by atoms with Crippen LogP contribution in [0.3, 0.4) is 0 Å². The summed E-state index contributed by atoms with van der Waals surface area (Å²) in [6.45, 7) is 6.81. The summed E-state index contributed by atoms with van der Waals surface area (Å²) in [7, 11) is 1.76. The molecule has 1 aliphatic heterocycles. The number of benzene rings is 1. The minimum absolute atomic E-state index is 0.167. The molecule has 8 heteroatoms. The molecule has 196 valence electrons. The van der Waals surface area contributed by atoms with Gasteiger partial charge in [-0.1, -0.05) is 31.9 Å². The van der Waals surface area contributed by atoms with Crippen LogP contribution in [-0.2, 0) is 9.59 Å². The van der Waals surface area contributed by atoms with Crippen molar-refractivity contribution >= 4 is 17.5 Å². The van der Waals surface area contributed by atoms with Gasteiger partial charge in [-0.05, 0) is 80.8 Å². The van der Waals surface area contributed by atoms with Gasteiger partial charge in [0.2, 0.25) is 11.8 Å². The predicted octanol–water partition coefficient (Wildman–Crippen LogP) is 6.52. The van der Waals surface area contributed by atoms with E-state index >= 15 is 0 Å². The molecule has 2 saturated carbocycles. The fraction of sp³-hybridized carbons (Fsp3) is 0.643. The number of nitrogens with zero attached hydrogens (tertiary/aromatic N) is 1. The van der Waals surface area contributed by atoms with E-state index in [1.807, 2.05) is 0 Å². The number of hydrogen-bond acceptors (Lipinski definition) is 3. The molecule has 1 N–H and O–H groups in total. The number of likely N-dealkylation sites (tertiary alicyclic amines) is 1. The second-order valence-corrected chi connectivity index (χ2v) is 11.9. The van der Waals surface area contributed by atoms with Crippen LogP contribution in [0.25, 0.3) is 0 Å². The van der Waals surface area contributed by atoms with Gasteiger partial charge >= 0.3 is 6.36 Å². The molecule has 1 aromatic carbocycles. The number of ether oxygens (including phenoxy) is 1. The Hall–Kier alpha value is -2.51. The number of carbonyl (C=O) groups excluding carboxylic acids is 2. The monoisotopic (exact) mass is 504 g/mol. The molecule has 4 aliphatic rings. The van der Waals surface area contributed by atoms with Crippen molar-refractivity contribution in [3.8, 4) is 5.75 Å². The van der Waals surface area contributed by atoms with Crippen LogP contribution < -0.4 is 10.1 Å². The number of anilines is 1. The van der Waals surface area contributed by atoms with E-state index in [9.17, 15) is 22.8 Å². The number of halogens is 3. The topological polar surface area (TPSA) is 58.6 Å². The maximum absolute atomic E-state index is 13.4. The lowest BCUT2D eigenvalue weighted by atomic mass is 9.48. The van der Waals surface area contributed by atoms with Crippen molar-refractivity contribution < 1.29 is 27.5 Å². The van der Waals surface area contributed by atoms with Crippen LogP contribution in [0, 0.1) is 34.5 Å². The molecule has 1 heterocycles. The molecule has 0 bridgehead atoms. The van der Waals surface area contributed by atoms with Crippen LogP contribution in [0.15, 0.2) is 35.5 Å². The first-order valence-corrected chi connectivity index (χ1v) is 13.0. The molecule has 36 heavy (non-hydrogen) atoms. The Morgan fingerprint density at radius 1 is 1.17 bits per heavy atom. The van der Waals surface area contributed by atoms with Crippen LogP contribution in [0.4, 0.5) is 18.9 Å². The van der Waals surface area contributed by atoms with E-state index in [-0.39, 0.29) is 17.0 Å².